The van der Waals surface area contributed by atoms with Gasteiger partial charge in [0.05, 0.1) is 17.3 Å². The van der Waals surface area contributed by atoms with Crippen LogP contribution < -0.4 is 0 Å². The van der Waals surface area contributed by atoms with Gasteiger partial charge in [-0.15, -0.1) is 0 Å². The highest BCUT2D eigenvalue weighted by molar-refractivity contribution is 6.02. The Balaban J connectivity index is 2.23. The number of aromatic nitrogens is 1. The van der Waals surface area contributed by atoms with Gasteiger partial charge in [-0.1, -0.05) is 18.2 Å². The molecule has 0 aliphatic carbocycles. The highest BCUT2D eigenvalue weighted by Gasteiger charge is 2.30. The summed E-state index contributed by atoms with van der Waals surface area (Å²) >= 11 is 0. The maximum atomic E-state index is 12.6. The van der Waals surface area contributed by atoms with E-state index < -0.39 is 23.4 Å². The number of hydrogen-bond donors (Lipinski definition) is 0. The standard InChI is InChI=1S/C18H13F3N2O/c1-12(13-5-7-14(8-6-13)18(19,20)21)10-17(24)15(11-22)16-4-2-3-9-23-16/h2-10,15H,1H3/b12-10-/t15-/m0/s1. The molecule has 24 heavy (non-hydrogen) atoms. The van der Waals surface area contributed by atoms with Crippen molar-refractivity contribution in [1.29, 1.82) is 5.26 Å². The first-order valence-corrected chi connectivity index (χ1v) is 7.03. The molecule has 0 amide bonds. The van der Waals surface area contributed by atoms with Crippen LogP contribution in [0, 0.1) is 11.3 Å². The third-order valence-corrected chi connectivity index (χ3v) is 3.42. The molecule has 0 saturated carbocycles. The van der Waals surface area contributed by atoms with Crippen molar-refractivity contribution in [2.24, 2.45) is 0 Å². The van der Waals surface area contributed by atoms with Crippen LogP contribution in [0.15, 0.2) is 54.7 Å². The fourth-order valence-electron chi connectivity index (χ4n) is 2.12. The van der Waals surface area contributed by atoms with Crippen molar-refractivity contribution in [1.82, 2.24) is 4.98 Å². The Morgan fingerprint density at radius 2 is 1.88 bits per heavy atom. The van der Waals surface area contributed by atoms with Crippen molar-refractivity contribution < 1.29 is 18.0 Å². The van der Waals surface area contributed by atoms with Crippen LogP contribution in [0.3, 0.4) is 0 Å². The number of carbonyl (C=O) groups is 1. The third-order valence-electron chi connectivity index (χ3n) is 3.42. The summed E-state index contributed by atoms with van der Waals surface area (Å²) in [6.45, 7) is 1.60. The van der Waals surface area contributed by atoms with Gasteiger partial charge >= 0.3 is 6.18 Å². The normalized spacial score (nSPS) is 13.2. The van der Waals surface area contributed by atoms with E-state index in [4.69, 9.17) is 0 Å². The summed E-state index contributed by atoms with van der Waals surface area (Å²) in [7, 11) is 0. The third kappa shape index (κ3) is 4.07. The van der Waals surface area contributed by atoms with Crippen LogP contribution in [0.2, 0.25) is 0 Å². The van der Waals surface area contributed by atoms with E-state index in [-0.39, 0.29) is 0 Å². The van der Waals surface area contributed by atoms with Crippen molar-refractivity contribution >= 4 is 11.4 Å². The number of nitrogens with zero attached hydrogens (tertiary/aromatic N) is 2. The lowest BCUT2D eigenvalue weighted by molar-refractivity contribution is -0.137. The number of halogens is 3. The summed E-state index contributed by atoms with van der Waals surface area (Å²) in [4.78, 5) is 16.3. The maximum Gasteiger partial charge on any atom is 0.416 e. The van der Waals surface area contributed by atoms with E-state index in [1.807, 2.05) is 6.07 Å². The summed E-state index contributed by atoms with van der Waals surface area (Å²) in [6.07, 6.45) is -1.67. The SMILES string of the molecule is C/C(=C/C(=O)[C@@H](C#N)c1ccccn1)c1ccc(C(F)(F)F)cc1. The van der Waals surface area contributed by atoms with Crippen LogP contribution in [-0.4, -0.2) is 10.8 Å². The monoisotopic (exact) mass is 330 g/mol. The Hall–Kier alpha value is -2.94. The molecule has 0 fully saturated rings. The first kappa shape index (κ1) is 17.4. The second-order valence-corrected chi connectivity index (χ2v) is 5.12. The van der Waals surface area contributed by atoms with Crippen molar-refractivity contribution in [3.63, 3.8) is 0 Å². The average molecular weight is 330 g/mol. The fourth-order valence-corrected chi connectivity index (χ4v) is 2.12. The number of pyridine rings is 1. The van der Waals surface area contributed by atoms with Crippen LogP contribution in [0.1, 0.15) is 29.7 Å². The molecule has 0 spiro atoms. The highest BCUT2D eigenvalue weighted by Crippen LogP contribution is 2.30. The first-order valence-electron chi connectivity index (χ1n) is 7.03. The molecule has 2 rings (SSSR count). The number of benzene rings is 1. The van der Waals surface area contributed by atoms with E-state index in [0.29, 0.717) is 16.8 Å². The van der Waals surface area contributed by atoms with Gasteiger partial charge < -0.3 is 0 Å². The van der Waals surface area contributed by atoms with Gasteiger partial charge in [-0.05, 0) is 48.4 Å². The molecule has 1 atom stereocenters. The van der Waals surface area contributed by atoms with Crippen molar-refractivity contribution in [3.05, 3.63) is 71.6 Å². The molecule has 0 aliphatic rings. The largest absolute Gasteiger partial charge is 0.416 e. The van der Waals surface area contributed by atoms with E-state index in [0.717, 1.165) is 12.1 Å². The van der Waals surface area contributed by atoms with Gasteiger partial charge in [0.25, 0.3) is 0 Å². The molecule has 0 radical (unpaired) electrons. The summed E-state index contributed by atoms with van der Waals surface area (Å²) in [6, 6.07) is 11.3. The van der Waals surface area contributed by atoms with Crippen LogP contribution in [0.4, 0.5) is 13.2 Å². The van der Waals surface area contributed by atoms with Gasteiger partial charge in [0.2, 0.25) is 0 Å². The Morgan fingerprint density at radius 1 is 1.21 bits per heavy atom. The van der Waals surface area contributed by atoms with Gasteiger partial charge in [0, 0.05) is 6.20 Å². The Bertz CT molecular complexity index is 788. The van der Waals surface area contributed by atoms with Crippen LogP contribution in [-0.2, 0) is 11.0 Å². The number of hydrogen-bond acceptors (Lipinski definition) is 3. The topological polar surface area (TPSA) is 53.8 Å². The molecule has 0 bridgehead atoms. The second-order valence-electron chi connectivity index (χ2n) is 5.12. The van der Waals surface area contributed by atoms with E-state index in [1.54, 1.807) is 25.1 Å². The molecular weight excluding hydrogens is 317 g/mol. The summed E-state index contributed by atoms with van der Waals surface area (Å²) < 4.78 is 37.7. The Morgan fingerprint density at radius 3 is 2.38 bits per heavy atom. The smallest absolute Gasteiger partial charge is 0.293 e. The lowest BCUT2D eigenvalue weighted by Gasteiger charge is -2.09. The highest BCUT2D eigenvalue weighted by atomic mass is 19.4. The zero-order chi connectivity index (χ0) is 17.7. The minimum atomic E-state index is -4.41. The molecule has 0 unspecified atom stereocenters. The number of carbonyl (C=O) groups excluding carboxylic acids is 1. The second kappa shape index (κ2) is 7.09. The molecule has 1 heterocycles. The molecular formula is C18H13F3N2O. The number of ketones is 1. The van der Waals surface area contributed by atoms with Crippen LogP contribution >= 0.6 is 0 Å². The molecule has 122 valence electrons. The minimum absolute atomic E-state index is 0.335. The summed E-state index contributed by atoms with van der Waals surface area (Å²) in [5, 5.41) is 9.19. The Kier molecular flexibility index (Phi) is 5.14. The molecule has 1 aromatic heterocycles. The zero-order valence-corrected chi connectivity index (χ0v) is 12.7. The molecule has 2 aromatic rings. The quantitative estimate of drug-likeness (QED) is 0.782. The minimum Gasteiger partial charge on any atom is -0.293 e. The fraction of sp³-hybridized carbons (Fsp3) is 0.167. The predicted octanol–water partition coefficient (Wildman–Crippen LogP) is 4.38. The van der Waals surface area contributed by atoms with E-state index in [9.17, 15) is 23.2 Å². The van der Waals surface area contributed by atoms with Gasteiger partial charge in [-0.25, -0.2) is 0 Å². The Labute approximate surface area is 137 Å². The summed E-state index contributed by atoms with van der Waals surface area (Å²) in [5.41, 5.74) is 0.536. The van der Waals surface area contributed by atoms with Gasteiger partial charge in [0.15, 0.2) is 11.7 Å². The lowest BCUT2D eigenvalue weighted by atomic mass is 9.97. The maximum absolute atomic E-state index is 12.6. The van der Waals surface area contributed by atoms with Gasteiger partial charge in [-0.2, -0.15) is 18.4 Å². The zero-order valence-electron chi connectivity index (χ0n) is 12.7. The van der Waals surface area contributed by atoms with E-state index >= 15 is 0 Å². The molecule has 1 aromatic carbocycles. The number of nitriles is 1. The predicted molar refractivity (Wildman–Crippen MR) is 82.7 cm³/mol. The molecule has 0 aliphatic heterocycles. The number of allylic oxidation sites excluding steroid dienone is 2. The van der Waals surface area contributed by atoms with Gasteiger partial charge in [-0.3, -0.25) is 9.78 Å². The van der Waals surface area contributed by atoms with Crippen LogP contribution in [0.25, 0.3) is 5.57 Å². The molecule has 6 heteroatoms. The van der Waals surface area contributed by atoms with E-state index in [1.165, 1.54) is 24.4 Å². The lowest BCUT2D eigenvalue weighted by Crippen LogP contribution is -2.10. The number of alkyl halides is 3. The van der Waals surface area contributed by atoms with Gasteiger partial charge in [0.1, 0.15) is 0 Å². The number of rotatable bonds is 4. The molecule has 3 nitrogen and oxygen atoms in total. The molecule has 0 saturated heterocycles. The average Bonchev–Trinajstić information content (AvgIpc) is 2.56. The van der Waals surface area contributed by atoms with Crippen LogP contribution in [0.5, 0.6) is 0 Å². The van der Waals surface area contributed by atoms with E-state index in [2.05, 4.69) is 4.98 Å². The summed E-state index contributed by atoms with van der Waals surface area (Å²) in [5.74, 6) is -1.51. The van der Waals surface area contributed by atoms with Crippen molar-refractivity contribution in [2.75, 3.05) is 0 Å². The van der Waals surface area contributed by atoms with Crippen molar-refractivity contribution in [3.8, 4) is 6.07 Å². The molecule has 0 N–H and O–H groups in total. The first-order chi connectivity index (χ1) is 11.3. The van der Waals surface area contributed by atoms with Crippen molar-refractivity contribution in [2.45, 2.75) is 19.0 Å².